The van der Waals surface area contributed by atoms with E-state index in [1.807, 2.05) is 18.2 Å². The summed E-state index contributed by atoms with van der Waals surface area (Å²) in [6.07, 6.45) is 15.1. The van der Waals surface area contributed by atoms with Crippen LogP contribution < -0.4 is 0 Å². The number of nitrogens with zero attached hydrogens (tertiary/aromatic N) is 1. The van der Waals surface area contributed by atoms with Gasteiger partial charge in [-0.25, -0.2) is 4.79 Å². The Morgan fingerprint density at radius 2 is 1.30 bits per heavy atom. The molecule has 0 radical (unpaired) electrons. The molecule has 0 spiro atoms. The fourth-order valence-corrected chi connectivity index (χ4v) is 3.36. The highest BCUT2D eigenvalue weighted by Crippen LogP contribution is 2.12. The highest BCUT2D eigenvalue weighted by atomic mass is 16.5. The van der Waals surface area contributed by atoms with Gasteiger partial charge in [0, 0.05) is 0 Å². The molecular weight excluding hydrogens is 334 g/mol. The fraction of sp³-hybridized carbons (Fsp3) is 0.708. The van der Waals surface area contributed by atoms with Crippen LogP contribution in [0.4, 0.5) is 0 Å². The Hall–Kier alpha value is -1.35. The van der Waals surface area contributed by atoms with E-state index >= 15 is 0 Å². The maximum atomic E-state index is 12.0. The summed E-state index contributed by atoms with van der Waals surface area (Å²) >= 11 is 0. The van der Waals surface area contributed by atoms with Crippen LogP contribution in [-0.4, -0.2) is 44.2 Å². The van der Waals surface area contributed by atoms with Crippen molar-refractivity contribution < 1.29 is 14.0 Å². The molecule has 1 rings (SSSR count). The lowest BCUT2D eigenvalue weighted by Gasteiger charge is -2.29. The SMILES string of the molecule is CCCCCCCCCCCCC[N+](C)(C)CCOC(=O)c1ccccc1. The van der Waals surface area contributed by atoms with Crippen LogP contribution in [-0.2, 0) is 4.74 Å². The predicted octanol–water partition coefficient (Wildman–Crippen LogP) is 6.23. The molecule has 1 aromatic carbocycles. The summed E-state index contributed by atoms with van der Waals surface area (Å²) in [4.78, 5) is 12.0. The Morgan fingerprint density at radius 1 is 0.778 bits per heavy atom. The molecule has 0 aliphatic carbocycles. The Kier molecular flexibility index (Phi) is 12.9. The molecule has 154 valence electrons. The van der Waals surface area contributed by atoms with Gasteiger partial charge in [0.15, 0.2) is 0 Å². The normalized spacial score (nSPS) is 11.5. The molecule has 0 aliphatic heterocycles. The second kappa shape index (κ2) is 14.7. The first-order valence-corrected chi connectivity index (χ1v) is 11.1. The molecule has 0 N–H and O–H groups in total. The van der Waals surface area contributed by atoms with Crippen LogP contribution in [0.3, 0.4) is 0 Å². The topological polar surface area (TPSA) is 26.3 Å². The second-order valence-electron chi connectivity index (χ2n) is 8.42. The summed E-state index contributed by atoms with van der Waals surface area (Å²) in [6.45, 7) is 4.78. The summed E-state index contributed by atoms with van der Waals surface area (Å²) in [7, 11) is 4.46. The standard InChI is InChI=1S/C24H42NO2/c1-4-5-6-7-8-9-10-11-12-13-17-20-25(2,3)21-22-27-24(26)23-18-15-14-16-19-23/h14-16,18-19H,4-13,17,20-22H2,1-3H3/q+1. The summed E-state index contributed by atoms with van der Waals surface area (Å²) in [5.74, 6) is -0.217. The van der Waals surface area contributed by atoms with Crippen LogP contribution in [0.2, 0.25) is 0 Å². The Bertz CT molecular complexity index is 484. The van der Waals surface area contributed by atoms with E-state index < -0.39 is 0 Å². The minimum atomic E-state index is -0.217. The molecular formula is C24H42NO2+. The monoisotopic (exact) mass is 376 g/mol. The number of ether oxygens (including phenoxy) is 1. The van der Waals surface area contributed by atoms with Crippen molar-refractivity contribution in [1.29, 1.82) is 0 Å². The van der Waals surface area contributed by atoms with Crippen molar-refractivity contribution >= 4 is 5.97 Å². The molecule has 0 unspecified atom stereocenters. The number of hydrogen-bond acceptors (Lipinski definition) is 2. The van der Waals surface area contributed by atoms with Crippen molar-refractivity contribution in [3.05, 3.63) is 35.9 Å². The lowest BCUT2D eigenvalue weighted by molar-refractivity contribution is -0.890. The van der Waals surface area contributed by atoms with Crippen molar-refractivity contribution in [2.45, 2.75) is 77.6 Å². The quantitative estimate of drug-likeness (QED) is 0.194. The van der Waals surface area contributed by atoms with E-state index in [0.717, 1.165) is 17.6 Å². The smallest absolute Gasteiger partial charge is 0.338 e. The van der Waals surface area contributed by atoms with Gasteiger partial charge in [0.05, 0.1) is 26.2 Å². The summed E-state index contributed by atoms with van der Waals surface area (Å²) < 4.78 is 6.33. The third kappa shape index (κ3) is 12.6. The van der Waals surface area contributed by atoms with Gasteiger partial charge < -0.3 is 9.22 Å². The van der Waals surface area contributed by atoms with Crippen LogP contribution in [0.1, 0.15) is 87.9 Å². The number of hydrogen-bond donors (Lipinski definition) is 0. The minimum absolute atomic E-state index is 0.217. The lowest BCUT2D eigenvalue weighted by atomic mass is 10.1. The van der Waals surface area contributed by atoms with Gasteiger partial charge in [-0.1, -0.05) is 82.9 Å². The van der Waals surface area contributed by atoms with Crippen LogP contribution in [0.15, 0.2) is 30.3 Å². The number of carbonyl (C=O) groups excluding carboxylic acids is 1. The second-order valence-corrected chi connectivity index (χ2v) is 8.42. The number of quaternary nitrogens is 1. The van der Waals surface area contributed by atoms with E-state index in [2.05, 4.69) is 21.0 Å². The van der Waals surface area contributed by atoms with Gasteiger partial charge in [-0.05, 0) is 25.0 Å². The molecule has 1 aromatic rings. The number of carbonyl (C=O) groups is 1. The summed E-state index contributed by atoms with van der Waals surface area (Å²) in [6, 6.07) is 9.23. The van der Waals surface area contributed by atoms with E-state index in [9.17, 15) is 4.79 Å². The van der Waals surface area contributed by atoms with E-state index in [-0.39, 0.29) is 5.97 Å². The average Bonchev–Trinajstić information content (AvgIpc) is 2.66. The highest BCUT2D eigenvalue weighted by Gasteiger charge is 2.16. The molecule has 0 fully saturated rings. The van der Waals surface area contributed by atoms with Crippen LogP contribution in [0.25, 0.3) is 0 Å². The fourth-order valence-electron chi connectivity index (χ4n) is 3.36. The van der Waals surface area contributed by atoms with E-state index in [1.54, 1.807) is 12.1 Å². The number of esters is 1. The van der Waals surface area contributed by atoms with Crippen LogP contribution in [0, 0.1) is 0 Å². The summed E-state index contributed by atoms with van der Waals surface area (Å²) in [5, 5.41) is 0. The molecule has 0 bridgehead atoms. The lowest BCUT2D eigenvalue weighted by Crippen LogP contribution is -2.43. The minimum Gasteiger partial charge on any atom is -0.456 e. The average molecular weight is 377 g/mol. The zero-order valence-electron chi connectivity index (χ0n) is 18.0. The molecule has 0 atom stereocenters. The van der Waals surface area contributed by atoms with Gasteiger partial charge in [0.2, 0.25) is 0 Å². The third-order valence-electron chi connectivity index (χ3n) is 5.31. The summed E-state index contributed by atoms with van der Waals surface area (Å²) in [5.41, 5.74) is 0.633. The Balaban J connectivity index is 1.98. The molecule has 0 saturated carbocycles. The van der Waals surface area contributed by atoms with Crippen LogP contribution in [0.5, 0.6) is 0 Å². The number of benzene rings is 1. The number of unbranched alkanes of at least 4 members (excludes halogenated alkanes) is 10. The maximum Gasteiger partial charge on any atom is 0.338 e. The first kappa shape index (κ1) is 23.7. The third-order valence-corrected chi connectivity index (χ3v) is 5.31. The largest absolute Gasteiger partial charge is 0.456 e. The first-order chi connectivity index (χ1) is 13.0. The number of rotatable bonds is 16. The number of likely N-dealkylation sites (N-methyl/N-ethyl adjacent to an activating group) is 1. The van der Waals surface area contributed by atoms with Crippen molar-refractivity contribution in [1.82, 2.24) is 0 Å². The van der Waals surface area contributed by atoms with Gasteiger partial charge in [0.25, 0.3) is 0 Å². The molecule has 3 heteroatoms. The molecule has 0 aromatic heterocycles. The van der Waals surface area contributed by atoms with Crippen molar-refractivity contribution in [2.75, 3.05) is 33.8 Å². The van der Waals surface area contributed by atoms with Crippen molar-refractivity contribution in [2.24, 2.45) is 0 Å². The van der Waals surface area contributed by atoms with Gasteiger partial charge in [-0.3, -0.25) is 0 Å². The van der Waals surface area contributed by atoms with Gasteiger partial charge in [-0.2, -0.15) is 0 Å². The zero-order valence-corrected chi connectivity index (χ0v) is 18.0. The molecule has 0 saturated heterocycles. The highest BCUT2D eigenvalue weighted by molar-refractivity contribution is 5.89. The molecule has 3 nitrogen and oxygen atoms in total. The zero-order chi connectivity index (χ0) is 19.8. The first-order valence-electron chi connectivity index (χ1n) is 11.1. The van der Waals surface area contributed by atoms with Gasteiger partial charge >= 0.3 is 5.97 Å². The van der Waals surface area contributed by atoms with Crippen molar-refractivity contribution in [3.63, 3.8) is 0 Å². The van der Waals surface area contributed by atoms with Crippen LogP contribution >= 0.6 is 0 Å². The van der Waals surface area contributed by atoms with E-state index in [4.69, 9.17) is 4.74 Å². The Morgan fingerprint density at radius 3 is 1.85 bits per heavy atom. The van der Waals surface area contributed by atoms with Crippen molar-refractivity contribution in [3.8, 4) is 0 Å². The molecule has 0 heterocycles. The van der Waals surface area contributed by atoms with E-state index in [0.29, 0.717) is 12.2 Å². The van der Waals surface area contributed by atoms with Gasteiger partial charge in [-0.15, -0.1) is 0 Å². The van der Waals surface area contributed by atoms with Gasteiger partial charge in [0.1, 0.15) is 13.2 Å². The maximum absolute atomic E-state index is 12.0. The molecule has 0 aliphatic rings. The molecule has 0 amide bonds. The molecule has 27 heavy (non-hydrogen) atoms. The Labute approximate surface area is 167 Å². The predicted molar refractivity (Wildman–Crippen MR) is 115 cm³/mol. The van der Waals surface area contributed by atoms with E-state index in [1.165, 1.54) is 70.6 Å².